The number of aromatic nitrogens is 4. The van der Waals surface area contributed by atoms with Crippen LogP contribution >= 0.6 is 0 Å². The van der Waals surface area contributed by atoms with E-state index in [0.717, 1.165) is 0 Å². The van der Waals surface area contributed by atoms with Crippen molar-refractivity contribution in [3.8, 4) is 5.88 Å². The molecule has 0 aliphatic carbocycles. The summed E-state index contributed by atoms with van der Waals surface area (Å²) < 4.78 is 43.0. The van der Waals surface area contributed by atoms with Crippen molar-refractivity contribution in [1.82, 2.24) is 25.1 Å². The summed E-state index contributed by atoms with van der Waals surface area (Å²) in [4.78, 5) is 15.8. The van der Waals surface area contributed by atoms with E-state index in [1.807, 2.05) is 6.92 Å². The molecule has 1 N–H and O–H groups in total. The third-order valence-electron chi connectivity index (χ3n) is 2.83. The van der Waals surface area contributed by atoms with Crippen LogP contribution in [0.1, 0.15) is 23.1 Å². The number of alkyl halides is 3. The molecule has 2 aromatic heterocycles. The number of carbonyl (C=O) groups is 1. The minimum Gasteiger partial charge on any atom is -0.467 e. The fourth-order valence-corrected chi connectivity index (χ4v) is 1.76. The second kappa shape index (κ2) is 7.07. The lowest BCUT2D eigenvalue weighted by molar-refractivity contribution is -0.154. The Balaban J connectivity index is 2.04. The van der Waals surface area contributed by atoms with Crippen molar-refractivity contribution in [1.29, 1.82) is 0 Å². The molecular weight excluding hydrogens is 315 g/mol. The normalized spacial score (nSPS) is 11.3. The summed E-state index contributed by atoms with van der Waals surface area (Å²) in [5, 5.41) is 10.1. The lowest BCUT2D eigenvalue weighted by atomic mass is 10.2. The number of carbonyl (C=O) groups excluding carboxylic acids is 1. The maximum absolute atomic E-state index is 12.2. The third kappa shape index (κ3) is 4.66. The lowest BCUT2D eigenvalue weighted by Crippen LogP contribution is -2.26. The standard InChI is InChI=1S/C13H14F3N5O2/c1-2-21-8-19-20-10(21)6-18-11(22)9-4-3-5-17-12(9)23-7-13(14,15)16/h3-5,8H,2,6-7H2,1H3,(H,18,22). The number of pyridine rings is 1. The van der Waals surface area contributed by atoms with E-state index in [1.54, 1.807) is 4.57 Å². The van der Waals surface area contributed by atoms with Gasteiger partial charge in [-0.15, -0.1) is 10.2 Å². The van der Waals surface area contributed by atoms with Gasteiger partial charge in [-0.2, -0.15) is 13.2 Å². The molecule has 0 spiro atoms. The summed E-state index contributed by atoms with van der Waals surface area (Å²) in [6.45, 7) is 1.08. The molecular formula is C13H14F3N5O2. The molecule has 2 aromatic rings. The van der Waals surface area contributed by atoms with Gasteiger partial charge in [0.1, 0.15) is 11.9 Å². The first-order chi connectivity index (χ1) is 10.9. The molecule has 0 atom stereocenters. The van der Waals surface area contributed by atoms with Gasteiger partial charge in [0.05, 0.1) is 6.54 Å². The van der Waals surface area contributed by atoms with E-state index < -0.39 is 18.7 Å². The van der Waals surface area contributed by atoms with Gasteiger partial charge in [-0.1, -0.05) is 0 Å². The number of aryl methyl sites for hydroxylation is 1. The van der Waals surface area contributed by atoms with Crippen LogP contribution in [0.2, 0.25) is 0 Å². The second-order valence-electron chi connectivity index (χ2n) is 4.48. The number of ether oxygens (including phenoxy) is 1. The van der Waals surface area contributed by atoms with E-state index in [1.165, 1.54) is 24.7 Å². The highest BCUT2D eigenvalue weighted by molar-refractivity contribution is 5.96. The Morgan fingerprint density at radius 3 is 2.91 bits per heavy atom. The van der Waals surface area contributed by atoms with Crippen molar-refractivity contribution < 1.29 is 22.7 Å². The summed E-state index contributed by atoms with van der Waals surface area (Å²) in [7, 11) is 0. The van der Waals surface area contributed by atoms with E-state index >= 15 is 0 Å². The number of nitrogens with one attached hydrogen (secondary N) is 1. The Morgan fingerprint density at radius 1 is 1.43 bits per heavy atom. The maximum Gasteiger partial charge on any atom is 0.422 e. The Labute approximate surface area is 129 Å². The molecule has 7 nitrogen and oxygen atoms in total. The molecule has 0 saturated heterocycles. The molecule has 0 bridgehead atoms. The number of amides is 1. The molecule has 0 radical (unpaired) electrons. The van der Waals surface area contributed by atoms with Gasteiger partial charge in [0, 0.05) is 12.7 Å². The molecule has 0 saturated carbocycles. The monoisotopic (exact) mass is 329 g/mol. The molecule has 2 heterocycles. The molecule has 0 aliphatic heterocycles. The lowest BCUT2D eigenvalue weighted by Gasteiger charge is -2.12. The molecule has 0 unspecified atom stereocenters. The Kier molecular flexibility index (Phi) is 5.14. The number of halogens is 3. The number of hydrogen-bond donors (Lipinski definition) is 1. The summed E-state index contributed by atoms with van der Waals surface area (Å²) >= 11 is 0. The van der Waals surface area contributed by atoms with Crippen LogP contribution in [0.4, 0.5) is 13.2 Å². The second-order valence-corrected chi connectivity index (χ2v) is 4.48. The minimum atomic E-state index is -4.51. The van der Waals surface area contributed by atoms with Gasteiger partial charge in [0.25, 0.3) is 5.91 Å². The molecule has 10 heteroatoms. The van der Waals surface area contributed by atoms with E-state index in [2.05, 4.69) is 25.2 Å². The van der Waals surface area contributed by atoms with E-state index in [-0.39, 0.29) is 18.0 Å². The zero-order chi connectivity index (χ0) is 16.9. The largest absolute Gasteiger partial charge is 0.467 e. The van der Waals surface area contributed by atoms with Crippen LogP contribution in [0.15, 0.2) is 24.7 Å². The zero-order valence-electron chi connectivity index (χ0n) is 12.2. The van der Waals surface area contributed by atoms with Gasteiger partial charge >= 0.3 is 6.18 Å². The van der Waals surface area contributed by atoms with Crippen molar-refractivity contribution in [3.05, 3.63) is 36.0 Å². The van der Waals surface area contributed by atoms with E-state index in [0.29, 0.717) is 12.4 Å². The molecule has 0 fully saturated rings. The highest BCUT2D eigenvalue weighted by atomic mass is 19.4. The van der Waals surface area contributed by atoms with Gasteiger partial charge in [-0.25, -0.2) is 4.98 Å². The van der Waals surface area contributed by atoms with Crippen LogP contribution in [-0.4, -0.2) is 38.4 Å². The van der Waals surface area contributed by atoms with Gasteiger partial charge in [-0.05, 0) is 19.1 Å². The topological polar surface area (TPSA) is 81.9 Å². The van der Waals surface area contributed by atoms with Crippen molar-refractivity contribution in [2.45, 2.75) is 26.2 Å². The zero-order valence-corrected chi connectivity index (χ0v) is 12.2. The number of rotatable bonds is 6. The van der Waals surface area contributed by atoms with Crippen LogP contribution in [0.3, 0.4) is 0 Å². The molecule has 23 heavy (non-hydrogen) atoms. The Bertz CT molecular complexity index is 672. The molecule has 124 valence electrons. The highest BCUT2D eigenvalue weighted by Crippen LogP contribution is 2.19. The summed E-state index contributed by atoms with van der Waals surface area (Å²) in [5.41, 5.74) is -0.0840. The summed E-state index contributed by atoms with van der Waals surface area (Å²) in [6.07, 6.45) is -1.75. The number of nitrogens with zero attached hydrogens (tertiary/aromatic N) is 4. The van der Waals surface area contributed by atoms with Gasteiger partial charge in [-0.3, -0.25) is 4.79 Å². The number of hydrogen-bond acceptors (Lipinski definition) is 5. The first-order valence-electron chi connectivity index (χ1n) is 6.70. The van der Waals surface area contributed by atoms with Crippen LogP contribution in [0.5, 0.6) is 5.88 Å². The van der Waals surface area contributed by atoms with Gasteiger partial charge < -0.3 is 14.6 Å². The highest BCUT2D eigenvalue weighted by Gasteiger charge is 2.29. The fourth-order valence-electron chi connectivity index (χ4n) is 1.76. The van der Waals surface area contributed by atoms with Crippen LogP contribution in [0, 0.1) is 0 Å². The fraction of sp³-hybridized carbons (Fsp3) is 0.385. The minimum absolute atomic E-state index is 0.0836. The van der Waals surface area contributed by atoms with Crippen molar-refractivity contribution in [2.24, 2.45) is 0 Å². The van der Waals surface area contributed by atoms with Crippen LogP contribution in [-0.2, 0) is 13.1 Å². The summed E-state index contributed by atoms with van der Waals surface area (Å²) in [6, 6.07) is 2.77. The quantitative estimate of drug-likeness (QED) is 0.870. The smallest absolute Gasteiger partial charge is 0.422 e. The van der Waals surface area contributed by atoms with Crippen molar-refractivity contribution in [2.75, 3.05) is 6.61 Å². The first-order valence-corrected chi connectivity index (χ1v) is 6.70. The molecule has 0 aromatic carbocycles. The molecule has 1 amide bonds. The third-order valence-corrected chi connectivity index (χ3v) is 2.83. The molecule has 2 rings (SSSR count). The predicted octanol–water partition coefficient (Wildman–Crippen LogP) is 1.56. The van der Waals surface area contributed by atoms with Crippen molar-refractivity contribution in [3.63, 3.8) is 0 Å². The SMILES string of the molecule is CCn1cnnc1CNC(=O)c1cccnc1OCC(F)(F)F. The predicted molar refractivity (Wildman–Crippen MR) is 72.7 cm³/mol. The first kappa shape index (κ1) is 16.7. The van der Waals surface area contributed by atoms with E-state index in [4.69, 9.17) is 0 Å². The summed E-state index contributed by atoms with van der Waals surface area (Å²) in [5.74, 6) is -0.456. The Morgan fingerprint density at radius 2 is 2.22 bits per heavy atom. The van der Waals surface area contributed by atoms with Gasteiger partial charge in [0.2, 0.25) is 5.88 Å². The Hall–Kier alpha value is -2.65. The molecule has 0 aliphatic rings. The average Bonchev–Trinajstić information content (AvgIpc) is 2.97. The maximum atomic E-state index is 12.2. The van der Waals surface area contributed by atoms with Crippen molar-refractivity contribution >= 4 is 5.91 Å². The van der Waals surface area contributed by atoms with Crippen LogP contribution in [0.25, 0.3) is 0 Å². The van der Waals surface area contributed by atoms with Crippen LogP contribution < -0.4 is 10.1 Å². The van der Waals surface area contributed by atoms with E-state index in [9.17, 15) is 18.0 Å². The average molecular weight is 329 g/mol. The van der Waals surface area contributed by atoms with Gasteiger partial charge in [0.15, 0.2) is 12.4 Å².